The molecule has 0 atom stereocenters. The van der Waals surface area contributed by atoms with Crippen molar-refractivity contribution in [3.8, 4) is 16.8 Å². The second-order valence-corrected chi connectivity index (χ2v) is 12.2. The molecule has 190 valence electrons. The lowest BCUT2D eigenvalue weighted by Crippen LogP contribution is -2.30. The molecule has 0 fully saturated rings. The van der Waals surface area contributed by atoms with Crippen LogP contribution in [0, 0.1) is 0 Å². The van der Waals surface area contributed by atoms with E-state index in [0.717, 1.165) is 10.9 Å². The van der Waals surface area contributed by atoms with Crippen LogP contribution in [0.25, 0.3) is 16.8 Å². The van der Waals surface area contributed by atoms with Gasteiger partial charge in [-0.1, -0.05) is 48.0 Å². The van der Waals surface area contributed by atoms with Crippen LogP contribution in [0.3, 0.4) is 0 Å². The number of aromatic nitrogens is 2. The minimum absolute atomic E-state index is 0.0117. The number of carbonyl (C=O) groups excluding carboxylic acids is 1. The highest BCUT2D eigenvalue weighted by Crippen LogP contribution is 2.27. The van der Waals surface area contributed by atoms with Gasteiger partial charge < -0.3 is 4.74 Å². The lowest BCUT2D eigenvalue weighted by molar-refractivity contribution is 0.0571. The molecular formula is C25H19ClN2O7S2. The number of halogens is 1. The van der Waals surface area contributed by atoms with Crippen molar-refractivity contribution in [1.82, 2.24) is 9.78 Å². The van der Waals surface area contributed by atoms with Crippen molar-refractivity contribution in [2.75, 3.05) is 12.2 Å². The fourth-order valence-corrected chi connectivity index (χ4v) is 5.52. The average Bonchev–Trinajstić information content (AvgIpc) is 2.87. The molecule has 0 saturated carbocycles. The van der Waals surface area contributed by atoms with E-state index in [-0.39, 0.29) is 27.3 Å². The zero-order chi connectivity index (χ0) is 26.8. The number of benzene rings is 3. The highest BCUT2D eigenvalue weighted by Gasteiger charge is 2.28. The van der Waals surface area contributed by atoms with Gasteiger partial charge in [0.1, 0.15) is 4.90 Å². The Balaban J connectivity index is 1.83. The maximum atomic E-state index is 13.5. The zero-order valence-corrected chi connectivity index (χ0v) is 21.6. The van der Waals surface area contributed by atoms with Crippen LogP contribution in [0.2, 0.25) is 5.02 Å². The molecule has 3 aromatic carbocycles. The van der Waals surface area contributed by atoms with E-state index in [1.807, 2.05) is 0 Å². The summed E-state index contributed by atoms with van der Waals surface area (Å²) in [5.41, 5.74) is -0.500. The summed E-state index contributed by atoms with van der Waals surface area (Å²) in [5.74, 6) is -1.99. The fourth-order valence-electron chi connectivity index (χ4n) is 3.47. The Morgan fingerprint density at radius 1 is 0.946 bits per heavy atom. The predicted octanol–water partition coefficient (Wildman–Crippen LogP) is 3.54. The molecule has 9 nitrogen and oxygen atoms in total. The van der Waals surface area contributed by atoms with E-state index < -0.39 is 42.0 Å². The highest BCUT2D eigenvalue weighted by atomic mass is 35.5. The maximum absolute atomic E-state index is 13.5. The smallest absolute Gasteiger partial charge is 0.339 e. The first kappa shape index (κ1) is 26.3. The predicted molar refractivity (Wildman–Crippen MR) is 137 cm³/mol. The summed E-state index contributed by atoms with van der Waals surface area (Å²) >= 11 is 6.03. The van der Waals surface area contributed by atoms with Gasteiger partial charge in [0.05, 0.1) is 22.3 Å². The molecule has 0 bridgehead atoms. The first-order valence-electron chi connectivity index (χ1n) is 10.6. The number of carbonyl (C=O) groups is 1. The third-order valence-corrected chi connectivity index (χ3v) is 8.05. The van der Waals surface area contributed by atoms with Crippen LogP contribution >= 0.6 is 11.6 Å². The number of hydrogen-bond acceptors (Lipinski definition) is 8. The lowest BCUT2D eigenvalue weighted by atomic mass is 10.1. The highest BCUT2D eigenvalue weighted by molar-refractivity contribution is 7.91. The van der Waals surface area contributed by atoms with E-state index in [1.54, 1.807) is 30.3 Å². The molecule has 0 aliphatic heterocycles. The van der Waals surface area contributed by atoms with Crippen LogP contribution in [-0.2, 0) is 24.4 Å². The van der Waals surface area contributed by atoms with Gasteiger partial charge >= 0.3 is 5.97 Å². The molecule has 1 aromatic heterocycles. The number of esters is 1. The number of rotatable bonds is 7. The van der Waals surface area contributed by atoms with E-state index in [2.05, 4.69) is 5.10 Å². The second-order valence-electron chi connectivity index (χ2n) is 7.91. The quantitative estimate of drug-likeness (QED) is 0.315. The van der Waals surface area contributed by atoms with E-state index >= 15 is 0 Å². The van der Waals surface area contributed by atoms with Gasteiger partial charge in [0.25, 0.3) is 5.56 Å². The molecule has 0 aliphatic carbocycles. The normalized spacial score (nSPS) is 11.7. The van der Waals surface area contributed by atoms with Crippen LogP contribution < -0.4 is 5.56 Å². The van der Waals surface area contributed by atoms with Crippen LogP contribution in [0.15, 0.2) is 99.6 Å². The molecule has 4 aromatic rings. The molecule has 12 heteroatoms. The van der Waals surface area contributed by atoms with Gasteiger partial charge in [-0.15, -0.1) is 0 Å². The van der Waals surface area contributed by atoms with Crippen molar-refractivity contribution in [3.05, 3.63) is 106 Å². The molecule has 0 amide bonds. The Morgan fingerprint density at radius 2 is 1.62 bits per heavy atom. The number of nitrogens with zero attached hydrogens (tertiary/aromatic N) is 2. The summed E-state index contributed by atoms with van der Waals surface area (Å²) in [4.78, 5) is 25.2. The Hall–Kier alpha value is -3.80. The van der Waals surface area contributed by atoms with E-state index in [1.165, 1.54) is 54.7 Å². The van der Waals surface area contributed by atoms with Crippen LogP contribution in [0.4, 0.5) is 0 Å². The zero-order valence-electron chi connectivity index (χ0n) is 19.2. The van der Waals surface area contributed by atoms with E-state index in [0.29, 0.717) is 5.02 Å². The fraction of sp³-hybridized carbons (Fsp3) is 0.0800. The molecule has 1 heterocycles. The summed E-state index contributed by atoms with van der Waals surface area (Å²) in [6.07, 6.45) is 2.20. The molecule has 0 unspecified atom stereocenters. The number of sulfone groups is 2. The number of hydrogen-bond donors (Lipinski definition) is 0. The Bertz CT molecular complexity index is 1750. The van der Waals surface area contributed by atoms with Crippen molar-refractivity contribution in [3.63, 3.8) is 0 Å². The van der Waals surface area contributed by atoms with Crippen molar-refractivity contribution in [2.24, 2.45) is 0 Å². The third kappa shape index (κ3) is 5.79. The largest absolute Gasteiger partial charge is 0.445 e. The van der Waals surface area contributed by atoms with Gasteiger partial charge in [-0.05, 0) is 48.0 Å². The molecule has 4 rings (SSSR count). The molecule has 0 radical (unpaired) electrons. The molecule has 0 saturated heterocycles. The standard InChI is InChI=1S/C25H19ClN2O7S2/c1-36(31,32)21-12-10-17(11-13-21)22-15-27-28(20-9-5-8-19(26)14-20)24(29)23(22)37(33,34)16-35-25(30)18-6-3-2-4-7-18/h2-15H,16H2,1H3. The third-order valence-electron chi connectivity index (χ3n) is 5.25. The minimum atomic E-state index is -4.52. The van der Waals surface area contributed by atoms with Gasteiger partial charge in [0.2, 0.25) is 9.84 Å². The summed E-state index contributed by atoms with van der Waals surface area (Å²) in [6.45, 7) is 0. The van der Waals surface area contributed by atoms with Crippen LogP contribution in [0.1, 0.15) is 10.4 Å². The van der Waals surface area contributed by atoms with Crippen molar-refractivity contribution in [1.29, 1.82) is 0 Å². The molecule has 37 heavy (non-hydrogen) atoms. The summed E-state index contributed by atoms with van der Waals surface area (Å²) < 4.78 is 56.4. The van der Waals surface area contributed by atoms with Crippen LogP contribution in [-0.4, -0.2) is 44.8 Å². The minimum Gasteiger partial charge on any atom is -0.445 e. The first-order chi connectivity index (χ1) is 17.5. The summed E-state index contributed by atoms with van der Waals surface area (Å²) in [6, 6.07) is 19.2. The van der Waals surface area contributed by atoms with Gasteiger partial charge in [0.15, 0.2) is 15.8 Å². The monoisotopic (exact) mass is 558 g/mol. The van der Waals surface area contributed by atoms with Gasteiger partial charge in [-0.25, -0.2) is 21.6 Å². The first-order valence-corrected chi connectivity index (χ1v) is 14.5. The van der Waals surface area contributed by atoms with Gasteiger partial charge in [-0.2, -0.15) is 9.78 Å². The molecular weight excluding hydrogens is 540 g/mol. The molecule has 0 spiro atoms. The second kappa shape index (κ2) is 10.3. The number of ether oxygens (including phenoxy) is 1. The SMILES string of the molecule is CS(=O)(=O)c1ccc(-c2cnn(-c3cccc(Cl)c3)c(=O)c2S(=O)(=O)COC(=O)c2ccccc2)cc1. The van der Waals surface area contributed by atoms with Crippen molar-refractivity contribution >= 4 is 37.2 Å². The van der Waals surface area contributed by atoms with E-state index in [4.69, 9.17) is 16.3 Å². The topological polar surface area (TPSA) is 129 Å². The van der Waals surface area contributed by atoms with Crippen LogP contribution in [0.5, 0.6) is 0 Å². The summed E-state index contributed by atoms with van der Waals surface area (Å²) in [7, 11) is -8.03. The average molecular weight is 559 g/mol. The van der Waals surface area contributed by atoms with Crippen molar-refractivity contribution < 1.29 is 26.4 Å². The molecule has 0 N–H and O–H groups in total. The lowest BCUT2D eigenvalue weighted by Gasteiger charge is -2.14. The Labute approximate surface area is 217 Å². The molecule has 0 aliphatic rings. The van der Waals surface area contributed by atoms with Gasteiger partial charge in [0, 0.05) is 16.8 Å². The van der Waals surface area contributed by atoms with Gasteiger partial charge in [-0.3, -0.25) is 4.79 Å². The van der Waals surface area contributed by atoms with Crippen molar-refractivity contribution in [2.45, 2.75) is 9.79 Å². The summed E-state index contributed by atoms with van der Waals surface area (Å²) in [5, 5.41) is 4.41. The maximum Gasteiger partial charge on any atom is 0.339 e. The van der Waals surface area contributed by atoms with E-state index in [9.17, 15) is 26.4 Å². The Kier molecular flexibility index (Phi) is 7.30. The Morgan fingerprint density at radius 3 is 2.24 bits per heavy atom.